The predicted molar refractivity (Wildman–Crippen MR) is 111 cm³/mol. The van der Waals surface area contributed by atoms with Gasteiger partial charge in [-0.15, -0.1) is 0 Å². The fourth-order valence-corrected chi connectivity index (χ4v) is 3.81. The molecule has 9 nitrogen and oxygen atoms in total. The summed E-state index contributed by atoms with van der Waals surface area (Å²) in [5.41, 5.74) is 3.79. The number of hydrogen-bond acceptors (Lipinski definition) is 6. The van der Waals surface area contributed by atoms with Crippen molar-refractivity contribution < 1.29 is 24.6 Å². The minimum Gasteiger partial charge on any atom is -0.473 e. The van der Waals surface area contributed by atoms with Gasteiger partial charge in [-0.1, -0.05) is 19.1 Å². The van der Waals surface area contributed by atoms with Crippen LogP contribution in [0.5, 0.6) is 0 Å². The van der Waals surface area contributed by atoms with Gasteiger partial charge in [0.05, 0.1) is 16.8 Å². The van der Waals surface area contributed by atoms with E-state index in [1.54, 1.807) is 18.7 Å². The molecule has 2 aromatic rings. The molecule has 1 unspecified atom stereocenters. The molecular formula is C22H24N4O5. The van der Waals surface area contributed by atoms with E-state index in [1.807, 2.05) is 17.0 Å². The van der Waals surface area contributed by atoms with Crippen molar-refractivity contribution in [2.75, 3.05) is 6.54 Å². The summed E-state index contributed by atoms with van der Waals surface area (Å²) in [6.07, 6.45) is 13.0. The molecule has 9 heteroatoms. The largest absolute Gasteiger partial charge is 0.473 e. The van der Waals surface area contributed by atoms with Crippen molar-refractivity contribution in [3.63, 3.8) is 0 Å². The summed E-state index contributed by atoms with van der Waals surface area (Å²) in [6.45, 7) is 3.42. The lowest BCUT2D eigenvalue weighted by Gasteiger charge is -2.37. The number of hydrogen-bond donors (Lipinski definition) is 2. The monoisotopic (exact) mass is 424 g/mol. The summed E-state index contributed by atoms with van der Waals surface area (Å²) in [4.78, 5) is 46.4. The van der Waals surface area contributed by atoms with Crippen LogP contribution in [0.3, 0.4) is 0 Å². The standard InChI is InChI=1S/C20H22N4O.C2H2O4/c1-20(8-3-2-4-9-20)19(25)24-12-7-17-16(13-24)18(23-14-22-17)15-5-10-21-11-6-15;3-1(4)2(5)6/h2-3,5-6,10-11,14H,4,7-9,12-13H2,1H3;(H,3,4)(H,5,6). The van der Waals surface area contributed by atoms with Crippen molar-refractivity contribution in [2.24, 2.45) is 5.41 Å². The van der Waals surface area contributed by atoms with E-state index in [4.69, 9.17) is 19.8 Å². The van der Waals surface area contributed by atoms with E-state index in [0.717, 1.165) is 54.7 Å². The van der Waals surface area contributed by atoms with Gasteiger partial charge in [0, 0.05) is 43.0 Å². The Morgan fingerprint density at radius 3 is 2.39 bits per heavy atom. The molecular weight excluding hydrogens is 400 g/mol. The van der Waals surface area contributed by atoms with E-state index in [2.05, 4.69) is 34.0 Å². The Bertz CT molecular complexity index is 996. The van der Waals surface area contributed by atoms with Gasteiger partial charge >= 0.3 is 11.9 Å². The fraction of sp³-hybridized carbons (Fsp3) is 0.364. The van der Waals surface area contributed by atoms with E-state index >= 15 is 0 Å². The highest BCUT2D eigenvalue weighted by molar-refractivity contribution is 6.27. The molecule has 4 rings (SSSR count). The van der Waals surface area contributed by atoms with Crippen molar-refractivity contribution in [3.8, 4) is 11.3 Å². The maximum Gasteiger partial charge on any atom is 0.414 e. The van der Waals surface area contributed by atoms with Crippen LogP contribution in [0.4, 0.5) is 0 Å². The summed E-state index contributed by atoms with van der Waals surface area (Å²) < 4.78 is 0. The number of rotatable bonds is 2. The second kappa shape index (κ2) is 9.46. The molecule has 2 N–H and O–H groups in total. The molecule has 1 aliphatic carbocycles. The van der Waals surface area contributed by atoms with Gasteiger partial charge in [-0.25, -0.2) is 19.6 Å². The number of carboxylic acids is 2. The number of carbonyl (C=O) groups excluding carboxylic acids is 1. The van der Waals surface area contributed by atoms with Crippen LogP contribution in [0.25, 0.3) is 11.3 Å². The Morgan fingerprint density at radius 2 is 1.77 bits per heavy atom. The maximum absolute atomic E-state index is 13.2. The molecule has 1 atom stereocenters. The first-order valence-electron chi connectivity index (χ1n) is 9.95. The Kier molecular flexibility index (Phi) is 6.74. The van der Waals surface area contributed by atoms with Gasteiger partial charge in [-0.2, -0.15) is 0 Å². The zero-order chi connectivity index (χ0) is 22.4. The molecule has 1 aliphatic heterocycles. The van der Waals surface area contributed by atoms with Gasteiger partial charge in [-0.3, -0.25) is 9.78 Å². The summed E-state index contributed by atoms with van der Waals surface area (Å²) in [6, 6.07) is 3.91. The molecule has 162 valence electrons. The van der Waals surface area contributed by atoms with Crippen LogP contribution in [0.15, 0.2) is 43.0 Å². The lowest BCUT2D eigenvalue weighted by molar-refractivity contribution is -0.159. The van der Waals surface area contributed by atoms with E-state index in [1.165, 1.54) is 0 Å². The lowest BCUT2D eigenvalue weighted by atomic mass is 9.77. The van der Waals surface area contributed by atoms with Gasteiger partial charge in [0.2, 0.25) is 5.91 Å². The first kappa shape index (κ1) is 22.1. The Balaban J connectivity index is 0.000000401. The summed E-state index contributed by atoms with van der Waals surface area (Å²) >= 11 is 0. The van der Waals surface area contributed by atoms with Crippen LogP contribution >= 0.6 is 0 Å². The van der Waals surface area contributed by atoms with Crippen LogP contribution in [-0.2, 0) is 27.3 Å². The number of nitrogens with zero attached hydrogens (tertiary/aromatic N) is 4. The Hall–Kier alpha value is -3.62. The first-order chi connectivity index (χ1) is 14.8. The minimum absolute atomic E-state index is 0.257. The fourth-order valence-electron chi connectivity index (χ4n) is 3.81. The highest BCUT2D eigenvalue weighted by Crippen LogP contribution is 2.36. The van der Waals surface area contributed by atoms with Crippen molar-refractivity contribution >= 4 is 17.8 Å². The lowest BCUT2D eigenvalue weighted by Crippen LogP contribution is -2.45. The summed E-state index contributed by atoms with van der Waals surface area (Å²) in [5.74, 6) is -3.39. The molecule has 2 aliphatic rings. The summed E-state index contributed by atoms with van der Waals surface area (Å²) in [7, 11) is 0. The third-order valence-corrected chi connectivity index (χ3v) is 5.54. The topological polar surface area (TPSA) is 134 Å². The van der Waals surface area contributed by atoms with Crippen LogP contribution < -0.4 is 0 Å². The third kappa shape index (κ3) is 5.11. The predicted octanol–water partition coefficient (Wildman–Crippen LogP) is 2.33. The van der Waals surface area contributed by atoms with E-state index < -0.39 is 11.9 Å². The van der Waals surface area contributed by atoms with E-state index in [-0.39, 0.29) is 11.3 Å². The minimum atomic E-state index is -1.82. The average molecular weight is 424 g/mol. The molecule has 0 spiro atoms. The number of aromatic nitrogens is 3. The molecule has 1 amide bonds. The number of aliphatic carboxylic acids is 2. The van der Waals surface area contributed by atoms with Crippen molar-refractivity contribution in [3.05, 3.63) is 54.3 Å². The molecule has 3 heterocycles. The maximum atomic E-state index is 13.2. The van der Waals surface area contributed by atoms with Crippen molar-refractivity contribution in [1.82, 2.24) is 19.9 Å². The molecule has 0 bridgehead atoms. The zero-order valence-electron chi connectivity index (χ0n) is 17.2. The number of carbonyl (C=O) groups is 3. The highest BCUT2D eigenvalue weighted by Gasteiger charge is 2.38. The Labute approximate surface area is 179 Å². The van der Waals surface area contributed by atoms with Crippen LogP contribution in [0, 0.1) is 5.41 Å². The highest BCUT2D eigenvalue weighted by atomic mass is 16.4. The smallest absolute Gasteiger partial charge is 0.414 e. The van der Waals surface area contributed by atoms with Gasteiger partial charge in [0.1, 0.15) is 6.33 Å². The second-order valence-electron chi connectivity index (χ2n) is 7.75. The first-order valence-corrected chi connectivity index (χ1v) is 9.95. The zero-order valence-corrected chi connectivity index (χ0v) is 17.2. The van der Waals surface area contributed by atoms with Crippen LogP contribution in [0.1, 0.15) is 37.4 Å². The number of allylic oxidation sites excluding steroid dienone is 2. The van der Waals surface area contributed by atoms with Crippen molar-refractivity contribution in [2.45, 2.75) is 39.2 Å². The molecule has 31 heavy (non-hydrogen) atoms. The molecule has 0 fully saturated rings. The molecule has 0 aromatic carbocycles. The normalized spacial score (nSPS) is 19.6. The summed E-state index contributed by atoms with van der Waals surface area (Å²) in [5, 5.41) is 14.8. The SMILES string of the molecule is CC1(C(=O)N2CCc3ncnc(-c4ccncc4)c3C2)CC=CCC1.O=C(O)C(=O)O. The third-order valence-electron chi connectivity index (χ3n) is 5.54. The number of fused-ring (bicyclic) bond motifs is 1. The van der Waals surface area contributed by atoms with Crippen LogP contribution in [-0.4, -0.2) is 54.5 Å². The van der Waals surface area contributed by atoms with Gasteiger partial charge in [-0.05, 0) is 31.4 Å². The van der Waals surface area contributed by atoms with E-state index in [0.29, 0.717) is 6.54 Å². The molecule has 2 aromatic heterocycles. The number of carboxylic acid groups (broad SMARTS) is 2. The number of amides is 1. The van der Waals surface area contributed by atoms with E-state index in [9.17, 15) is 4.79 Å². The van der Waals surface area contributed by atoms with Gasteiger partial charge in [0.15, 0.2) is 0 Å². The van der Waals surface area contributed by atoms with Gasteiger partial charge < -0.3 is 15.1 Å². The van der Waals surface area contributed by atoms with Gasteiger partial charge in [0.25, 0.3) is 0 Å². The Morgan fingerprint density at radius 1 is 1.06 bits per heavy atom. The average Bonchev–Trinajstić information content (AvgIpc) is 2.79. The quantitative estimate of drug-likeness (QED) is 0.554. The molecule has 0 saturated carbocycles. The van der Waals surface area contributed by atoms with Crippen LogP contribution in [0.2, 0.25) is 0 Å². The molecule has 0 saturated heterocycles. The second-order valence-corrected chi connectivity index (χ2v) is 7.75. The number of pyridine rings is 1. The molecule has 0 radical (unpaired) electrons. The van der Waals surface area contributed by atoms with Crippen molar-refractivity contribution in [1.29, 1.82) is 0 Å².